The van der Waals surface area contributed by atoms with Crippen LogP contribution in [0.4, 0.5) is 0 Å². The van der Waals surface area contributed by atoms with Gasteiger partial charge in [0.25, 0.3) is 0 Å². The molecule has 0 spiro atoms. The first-order chi connectivity index (χ1) is 7.20. The number of carbonyl (C=O) groups is 1. The maximum Gasteiger partial charge on any atom is 0.224 e. The molecule has 1 rings (SSSR count). The van der Waals surface area contributed by atoms with Gasteiger partial charge in [-0.25, -0.2) is 0 Å². The summed E-state index contributed by atoms with van der Waals surface area (Å²) >= 11 is 0. The summed E-state index contributed by atoms with van der Waals surface area (Å²) < 4.78 is 0. The van der Waals surface area contributed by atoms with Crippen LogP contribution >= 0.6 is 0 Å². The standard InChI is InChI=1S/C13H26N2O/c1-12(2)6-5-8-15(9-7-12)11(16)10-13(3,4)14/h5-10,14H2,1-4H3. The third-order valence-corrected chi connectivity index (χ3v) is 3.30. The molecule has 2 N–H and O–H groups in total. The number of amides is 1. The average molecular weight is 226 g/mol. The average Bonchev–Trinajstić information content (AvgIpc) is 2.23. The molecule has 0 unspecified atom stereocenters. The Labute approximate surface area is 99.4 Å². The van der Waals surface area contributed by atoms with Crippen molar-refractivity contribution in [3.05, 3.63) is 0 Å². The number of likely N-dealkylation sites (tertiary alicyclic amines) is 1. The van der Waals surface area contributed by atoms with E-state index in [4.69, 9.17) is 5.73 Å². The van der Waals surface area contributed by atoms with Gasteiger partial charge in [0.2, 0.25) is 5.91 Å². The molecule has 16 heavy (non-hydrogen) atoms. The summed E-state index contributed by atoms with van der Waals surface area (Å²) in [6.07, 6.45) is 3.88. The Bertz CT molecular complexity index is 253. The minimum absolute atomic E-state index is 0.213. The minimum Gasteiger partial charge on any atom is -0.343 e. The highest BCUT2D eigenvalue weighted by molar-refractivity contribution is 5.77. The number of hydrogen-bond acceptors (Lipinski definition) is 2. The third-order valence-electron chi connectivity index (χ3n) is 3.30. The van der Waals surface area contributed by atoms with Crippen LogP contribution in [-0.2, 0) is 4.79 Å². The normalized spacial score (nSPS) is 21.7. The maximum atomic E-state index is 12.0. The van der Waals surface area contributed by atoms with Crippen molar-refractivity contribution in [1.82, 2.24) is 4.90 Å². The Kier molecular flexibility index (Phi) is 4.00. The van der Waals surface area contributed by atoms with Gasteiger partial charge < -0.3 is 10.6 Å². The van der Waals surface area contributed by atoms with Crippen LogP contribution in [0, 0.1) is 5.41 Å². The zero-order chi connectivity index (χ0) is 12.4. The topological polar surface area (TPSA) is 46.3 Å². The Morgan fingerprint density at radius 3 is 2.50 bits per heavy atom. The van der Waals surface area contributed by atoms with E-state index in [-0.39, 0.29) is 11.4 Å². The van der Waals surface area contributed by atoms with Gasteiger partial charge in [-0.3, -0.25) is 4.79 Å². The SMILES string of the molecule is CC(C)(N)CC(=O)N1CCCC(C)(C)CC1. The monoisotopic (exact) mass is 226 g/mol. The summed E-state index contributed by atoms with van der Waals surface area (Å²) in [7, 11) is 0. The van der Waals surface area contributed by atoms with Crippen LogP contribution in [0.1, 0.15) is 53.4 Å². The molecule has 0 radical (unpaired) electrons. The molecule has 0 saturated carbocycles. The molecule has 94 valence electrons. The molecule has 1 fully saturated rings. The van der Waals surface area contributed by atoms with E-state index in [9.17, 15) is 4.79 Å². The van der Waals surface area contributed by atoms with Crippen LogP contribution in [0.5, 0.6) is 0 Å². The Morgan fingerprint density at radius 2 is 1.94 bits per heavy atom. The van der Waals surface area contributed by atoms with Crippen molar-refractivity contribution in [3.63, 3.8) is 0 Å². The summed E-state index contributed by atoms with van der Waals surface area (Å²) in [5, 5.41) is 0. The number of nitrogens with zero attached hydrogens (tertiary/aromatic N) is 1. The van der Waals surface area contributed by atoms with Gasteiger partial charge in [0, 0.05) is 25.0 Å². The van der Waals surface area contributed by atoms with Crippen molar-refractivity contribution in [2.45, 2.75) is 58.9 Å². The van der Waals surface area contributed by atoms with Crippen molar-refractivity contribution in [2.24, 2.45) is 11.1 Å². The second-order valence-corrected chi connectivity index (χ2v) is 6.56. The van der Waals surface area contributed by atoms with Crippen molar-refractivity contribution < 1.29 is 4.79 Å². The lowest BCUT2D eigenvalue weighted by atomic mass is 9.85. The van der Waals surface area contributed by atoms with Crippen molar-refractivity contribution in [3.8, 4) is 0 Å². The molecular formula is C13H26N2O. The molecular weight excluding hydrogens is 200 g/mol. The lowest BCUT2D eigenvalue weighted by molar-refractivity contribution is -0.132. The van der Waals surface area contributed by atoms with Gasteiger partial charge >= 0.3 is 0 Å². The third kappa shape index (κ3) is 4.52. The lowest BCUT2D eigenvalue weighted by Gasteiger charge is -2.26. The second-order valence-electron chi connectivity index (χ2n) is 6.56. The van der Waals surface area contributed by atoms with Crippen LogP contribution in [0.2, 0.25) is 0 Å². The molecule has 0 bridgehead atoms. The van der Waals surface area contributed by atoms with E-state index in [1.54, 1.807) is 0 Å². The molecule has 0 aliphatic carbocycles. The van der Waals surface area contributed by atoms with E-state index in [1.165, 1.54) is 6.42 Å². The Hall–Kier alpha value is -0.570. The zero-order valence-corrected chi connectivity index (χ0v) is 11.2. The molecule has 1 saturated heterocycles. The van der Waals surface area contributed by atoms with Crippen LogP contribution in [-0.4, -0.2) is 29.4 Å². The molecule has 1 aliphatic rings. The summed E-state index contributed by atoms with van der Waals surface area (Å²) in [6, 6.07) is 0. The van der Waals surface area contributed by atoms with Gasteiger partial charge in [0.15, 0.2) is 0 Å². The number of nitrogens with two attached hydrogens (primary N) is 1. The lowest BCUT2D eigenvalue weighted by Crippen LogP contribution is -2.41. The van der Waals surface area contributed by atoms with Gasteiger partial charge in [0.05, 0.1) is 0 Å². The van der Waals surface area contributed by atoms with E-state index in [1.807, 2.05) is 18.7 Å². The van der Waals surface area contributed by atoms with Crippen molar-refractivity contribution in [2.75, 3.05) is 13.1 Å². The second kappa shape index (κ2) is 4.74. The highest BCUT2D eigenvalue weighted by Gasteiger charge is 2.27. The fraction of sp³-hybridized carbons (Fsp3) is 0.923. The highest BCUT2D eigenvalue weighted by Crippen LogP contribution is 2.30. The van der Waals surface area contributed by atoms with Crippen LogP contribution in [0.25, 0.3) is 0 Å². The minimum atomic E-state index is -0.390. The number of hydrogen-bond donors (Lipinski definition) is 1. The first kappa shape index (κ1) is 13.5. The fourth-order valence-electron chi connectivity index (χ4n) is 2.17. The summed E-state index contributed by atoms with van der Waals surface area (Å²) in [5.74, 6) is 0.213. The predicted molar refractivity (Wildman–Crippen MR) is 67.1 cm³/mol. The summed E-state index contributed by atoms with van der Waals surface area (Å²) in [4.78, 5) is 14.0. The fourth-order valence-corrected chi connectivity index (χ4v) is 2.17. The molecule has 3 nitrogen and oxygen atoms in total. The zero-order valence-electron chi connectivity index (χ0n) is 11.2. The molecule has 1 heterocycles. The largest absolute Gasteiger partial charge is 0.343 e. The quantitative estimate of drug-likeness (QED) is 0.784. The molecule has 0 aromatic heterocycles. The van der Waals surface area contributed by atoms with Gasteiger partial charge in [-0.15, -0.1) is 0 Å². The molecule has 0 aromatic carbocycles. The van der Waals surface area contributed by atoms with Crippen LogP contribution in [0.15, 0.2) is 0 Å². The first-order valence-electron chi connectivity index (χ1n) is 6.26. The smallest absolute Gasteiger partial charge is 0.224 e. The summed E-state index contributed by atoms with van der Waals surface area (Å²) in [6.45, 7) is 10.2. The van der Waals surface area contributed by atoms with Gasteiger partial charge in [0.1, 0.15) is 0 Å². The number of rotatable bonds is 2. The van der Waals surface area contributed by atoms with Gasteiger partial charge in [-0.05, 0) is 38.5 Å². The van der Waals surface area contributed by atoms with E-state index >= 15 is 0 Å². The molecule has 0 aromatic rings. The summed E-state index contributed by atoms with van der Waals surface area (Å²) in [5.41, 5.74) is 5.88. The van der Waals surface area contributed by atoms with E-state index < -0.39 is 0 Å². The maximum absolute atomic E-state index is 12.0. The molecule has 1 aliphatic heterocycles. The Morgan fingerprint density at radius 1 is 1.31 bits per heavy atom. The van der Waals surface area contributed by atoms with E-state index in [0.717, 1.165) is 25.9 Å². The van der Waals surface area contributed by atoms with Gasteiger partial charge in [-0.1, -0.05) is 13.8 Å². The highest BCUT2D eigenvalue weighted by atomic mass is 16.2. The number of carbonyl (C=O) groups excluding carboxylic acids is 1. The van der Waals surface area contributed by atoms with Crippen molar-refractivity contribution in [1.29, 1.82) is 0 Å². The van der Waals surface area contributed by atoms with Crippen LogP contribution < -0.4 is 5.73 Å². The van der Waals surface area contributed by atoms with Crippen LogP contribution in [0.3, 0.4) is 0 Å². The molecule has 3 heteroatoms. The van der Waals surface area contributed by atoms with Gasteiger partial charge in [-0.2, -0.15) is 0 Å². The van der Waals surface area contributed by atoms with Crippen molar-refractivity contribution >= 4 is 5.91 Å². The van der Waals surface area contributed by atoms with E-state index in [0.29, 0.717) is 11.8 Å². The predicted octanol–water partition coefficient (Wildman–Crippen LogP) is 2.15. The van der Waals surface area contributed by atoms with E-state index in [2.05, 4.69) is 13.8 Å². The first-order valence-corrected chi connectivity index (χ1v) is 6.26. The molecule has 1 amide bonds. The molecule has 0 atom stereocenters. The Balaban J connectivity index is 2.52.